The minimum Gasteiger partial charge on any atom is -0.463 e. The summed E-state index contributed by atoms with van der Waals surface area (Å²) in [5, 5.41) is 0. The summed E-state index contributed by atoms with van der Waals surface area (Å²) in [5.74, 6) is -3.19. The largest absolute Gasteiger partial charge is 0.463 e. The second-order valence-corrected chi connectivity index (χ2v) is 15.1. The van der Waals surface area contributed by atoms with Crippen LogP contribution in [0.5, 0.6) is 0 Å². The molecule has 1 aliphatic heterocycles. The Hall–Kier alpha value is -5.66. The average molecular weight is 810 g/mol. The van der Waals surface area contributed by atoms with Crippen molar-refractivity contribution in [2.45, 2.75) is 87.2 Å². The molecule has 0 spiro atoms. The van der Waals surface area contributed by atoms with Gasteiger partial charge in [0, 0.05) is 30.7 Å². The highest BCUT2D eigenvalue weighted by molar-refractivity contribution is 7.99. The van der Waals surface area contributed by atoms with Crippen molar-refractivity contribution < 1.29 is 52.4 Å². The molecular formula is C45H47NO11S. The molecule has 1 heterocycles. The Balaban J connectivity index is 1.29. The Morgan fingerprint density at radius 1 is 0.655 bits per heavy atom. The first-order valence-corrected chi connectivity index (χ1v) is 20.2. The van der Waals surface area contributed by atoms with Crippen LogP contribution in [0.15, 0.2) is 114 Å². The maximum absolute atomic E-state index is 14.2. The smallest absolute Gasteiger partial charge is 0.410 e. The molecule has 1 aliphatic carbocycles. The van der Waals surface area contributed by atoms with Gasteiger partial charge in [-0.25, -0.2) is 9.59 Å². The summed E-state index contributed by atoms with van der Waals surface area (Å²) in [6.07, 6.45) is -5.03. The molecule has 4 aromatic rings. The summed E-state index contributed by atoms with van der Waals surface area (Å²) in [4.78, 5) is 68.6. The summed E-state index contributed by atoms with van der Waals surface area (Å²) >= 11 is 1.18. The van der Waals surface area contributed by atoms with E-state index in [4.69, 9.17) is 28.4 Å². The molecular weight excluding hydrogens is 763 g/mol. The van der Waals surface area contributed by atoms with E-state index in [2.05, 4.69) is 0 Å². The van der Waals surface area contributed by atoms with Gasteiger partial charge in [-0.05, 0) is 59.4 Å². The number of hydrogen-bond acceptors (Lipinski definition) is 12. The van der Waals surface area contributed by atoms with Crippen molar-refractivity contribution in [2.24, 2.45) is 0 Å². The number of amides is 1. The Morgan fingerprint density at radius 3 is 1.83 bits per heavy atom. The normalized spacial score (nSPS) is 19.6. The molecule has 5 atom stereocenters. The van der Waals surface area contributed by atoms with E-state index in [0.29, 0.717) is 12.8 Å². The first-order valence-electron chi connectivity index (χ1n) is 19.3. The van der Waals surface area contributed by atoms with Gasteiger partial charge < -0.3 is 28.4 Å². The van der Waals surface area contributed by atoms with Gasteiger partial charge in [0.2, 0.25) is 0 Å². The molecule has 0 unspecified atom stereocenters. The van der Waals surface area contributed by atoms with Crippen molar-refractivity contribution in [3.8, 4) is 11.1 Å². The molecule has 2 aliphatic rings. The number of carbonyl (C=O) groups is 5. The first kappa shape index (κ1) is 42.0. The van der Waals surface area contributed by atoms with Crippen LogP contribution < -0.4 is 0 Å². The summed E-state index contributed by atoms with van der Waals surface area (Å²) in [6.45, 7) is 5.34. The van der Waals surface area contributed by atoms with Gasteiger partial charge in [-0.15, -0.1) is 0 Å². The predicted octanol–water partition coefficient (Wildman–Crippen LogP) is 7.58. The van der Waals surface area contributed by atoms with Crippen LogP contribution in [0, 0.1) is 0 Å². The van der Waals surface area contributed by atoms with Gasteiger partial charge in [0.05, 0.1) is 5.56 Å². The zero-order valence-electron chi connectivity index (χ0n) is 32.8. The fourth-order valence-electron chi connectivity index (χ4n) is 7.38. The molecule has 4 aromatic carbocycles. The van der Waals surface area contributed by atoms with Crippen molar-refractivity contribution in [3.63, 3.8) is 0 Å². The van der Waals surface area contributed by atoms with Crippen molar-refractivity contribution in [3.05, 3.63) is 126 Å². The SMILES string of the molecule is CCC(CC)N(CC(=O)O[C@H]1[C@@H](OC(C)=O)[C@@H](COC(C)=O)O[C@@H](Sc2ccccc2)[C@@H]1OC(=O)c1ccccc1)C(=O)OCC1c2ccccc2-c2ccccc21. The number of esters is 4. The Bertz CT molecular complexity index is 2010. The monoisotopic (exact) mass is 809 g/mol. The lowest BCUT2D eigenvalue weighted by Gasteiger charge is -2.44. The van der Waals surface area contributed by atoms with Crippen molar-refractivity contribution in [2.75, 3.05) is 19.8 Å². The van der Waals surface area contributed by atoms with Crippen LogP contribution in [0.2, 0.25) is 0 Å². The second kappa shape index (κ2) is 19.7. The zero-order valence-corrected chi connectivity index (χ0v) is 33.6. The van der Waals surface area contributed by atoms with Gasteiger partial charge in [-0.3, -0.25) is 19.3 Å². The third-order valence-corrected chi connectivity index (χ3v) is 11.3. The fourth-order valence-corrected chi connectivity index (χ4v) is 8.50. The van der Waals surface area contributed by atoms with Crippen LogP contribution in [0.4, 0.5) is 4.79 Å². The number of fused-ring (bicyclic) bond motifs is 3. The second-order valence-electron chi connectivity index (χ2n) is 13.9. The molecule has 1 saturated heterocycles. The maximum atomic E-state index is 14.2. The van der Waals surface area contributed by atoms with Gasteiger partial charge in [-0.1, -0.05) is 111 Å². The number of rotatable bonds is 15. The number of thioether (sulfide) groups is 1. The standard InChI is InChI=1S/C45H47NO11S/c1-5-31(6-2)46(45(51)53-26-37-35-23-15-13-21-33(35)34-22-14-16-24-36(34)37)25-39(49)56-41-40(54-29(4)48)38(27-52-28(3)47)55-44(58-32-19-11-8-12-20-32)42(41)57-43(50)30-17-9-7-10-18-30/h7-24,31,37-38,40-42,44H,5-6,25-27H2,1-4H3/t38-,40+,41+,42-,44+/m1/s1. The Kier molecular flexibility index (Phi) is 14.2. The Morgan fingerprint density at radius 2 is 1.24 bits per heavy atom. The van der Waals surface area contributed by atoms with E-state index in [1.165, 1.54) is 30.5 Å². The molecule has 0 aromatic heterocycles. The quantitative estimate of drug-likeness (QED) is 0.0863. The Labute approximate surface area is 342 Å². The van der Waals surface area contributed by atoms with Crippen LogP contribution in [0.25, 0.3) is 11.1 Å². The molecule has 13 heteroatoms. The summed E-state index contributed by atoms with van der Waals surface area (Å²) < 4.78 is 35.7. The minimum atomic E-state index is -1.47. The number of nitrogens with zero attached hydrogens (tertiary/aromatic N) is 1. The van der Waals surface area contributed by atoms with Crippen molar-refractivity contribution in [1.82, 2.24) is 4.90 Å². The van der Waals surface area contributed by atoms with E-state index in [9.17, 15) is 24.0 Å². The summed E-state index contributed by atoms with van der Waals surface area (Å²) in [5.41, 5.74) is 3.43. The molecule has 12 nitrogen and oxygen atoms in total. The van der Waals surface area contributed by atoms with Crippen molar-refractivity contribution >= 4 is 41.7 Å². The molecule has 1 fully saturated rings. The van der Waals surface area contributed by atoms with Gasteiger partial charge in [0.25, 0.3) is 0 Å². The van der Waals surface area contributed by atoms with Crippen LogP contribution >= 0.6 is 11.8 Å². The molecule has 0 saturated carbocycles. The first-order chi connectivity index (χ1) is 28.1. The van der Waals surface area contributed by atoms with Gasteiger partial charge >= 0.3 is 30.0 Å². The zero-order chi connectivity index (χ0) is 41.2. The van der Waals surface area contributed by atoms with E-state index in [1.807, 2.05) is 92.7 Å². The molecule has 304 valence electrons. The average Bonchev–Trinajstić information content (AvgIpc) is 3.55. The number of ether oxygens (including phenoxy) is 6. The summed E-state index contributed by atoms with van der Waals surface area (Å²) in [7, 11) is 0. The number of carbonyl (C=O) groups excluding carboxylic acids is 5. The van der Waals surface area contributed by atoms with Crippen molar-refractivity contribution in [1.29, 1.82) is 0 Å². The molecule has 6 rings (SSSR count). The van der Waals surface area contributed by atoms with E-state index < -0.39 is 72.4 Å². The van der Waals surface area contributed by atoms with Gasteiger partial charge in [0.15, 0.2) is 18.3 Å². The highest BCUT2D eigenvalue weighted by atomic mass is 32.2. The molecule has 0 bridgehead atoms. The lowest BCUT2D eigenvalue weighted by atomic mass is 9.98. The van der Waals surface area contributed by atoms with Gasteiger partial charge in [-0.2, -0.15) is 0 Å². The van der Waals surface area contributed by atoms with E-state index >= 15 is 0 Å². The maximum Gasteiger partial charge on any atom is 0.410 e. The molecule has 1 amide bonds. The topological polar surface area (TPSA) is 144 Å². The van der Waals surface area contributed by atoms with Crippen LogP contribution in [-0.2, 0) is 42.8 Å². The predicted molar refractivity (Wildman–Crippen MR) is 215 cm³/mol. The molecule has 0 N–H and O–H groups in total. The van der Waals surface area contributed by atoms with E-state index in [-0.39, 0.29) is 24.7 Å². The van der Waals surface area contributed by atoms with E-state index in [0.717, 1.165) is 27.1 Å². The van der Waals surface area contributed by atoms with E-state index in [1.54, 1.807) is 30.3 Å². The van der Waals surface area contributed by atoms with Crippen LogP contribution in [0.3, 0.4) is 0 Å². The van der Waals surface area contributed by atoms with Crippen LogP contribution in [-0.4, -0.2) is 90.5 Å². The lowest BCUT2D eigenvalue weighted by molar-refractivity contribution is -0.232. The molecule has 58 heavy (non-hydrogen) atoms. The minimum absolute atomic E-state index is 0.0424. The highest BCUT2D eigenvalue weighted by Crippen LogP contribution is 2.44. The third-order valence-electron chi connectivity index (χ3n) is 10.1. The van der Waals surface area contributed by atoms with Crippen LogP contribution in [0.1, 0.15) is 67.9 Å². The number of benzene rings is 4. The summed E-state index contributed by atoms with van der Waals surface area (Å²) in [6, 6.07) is 33.0. The highest BCUT2D eigenvalue weighted by Gasteiger charge is 2.53. The molecule has 0 radical (unpaired) electrons. The fraction of sp³-hybridized carbons (Fsp3) is 0.356. The lowest BCUT2D eigenvalue weighted by Crippen LogP contribution is -2.62. The van der Waals surface area contributed by atoms with Gasteiger partial charge in [0.1, 0.15) is 31.3 Å². The third kappa shape index (κ3) is 10.1. The number of hydrogen-bond donors (Lipinski definition) is 0.